The van der Waals surface area contributed by atoms with E-state index in [4.69, 9.17) is 4.55 Å². The zero-order chi connectivity index (χ0) is 18.4. The van der Waals surface area contributed by atoms with E-state index in [1.807, 2.05) is 0 Å². The Morgan fingerprint density at radius 3 is 2.72 bits per heavy atom. The van der Waals surface area contributed by atoms with Crippen molar-refractivity contribution in [3.63, 3.8) is 0 Å². The van der Waals surface area contributed by atoms with Crippen LogP contribution in [0, 0.1) is 0 Å². The Morgan fingerprint density at radius 2 is 2.08 bits per heavy atom. The highest BCUT2D eigenvalue weighted by atomic mass is 79.9. The van der Waals surface area contributed by atoms with Crippen molar-refractivity contribution in [2.45, 2.75) is 33.0 Å². The standard InChI is InChI=1S/C16H18BrN3.CH4O3S/c1-3-19-14-5-4-11(17)8-13(14)12-6-7-20-10(2)18-9-15(20)16(12)19;1-5(2,3)4/h4-5,8-10,18H,3,6-7H2,1-2H3;1H3,(H,2,3,4). The first-order valence-electron chi connectivity index (χ1n) is 8.17. The number of rotatable bonds is 1. The predicted molar refractivity (Wildman–Crippen MR) is 104 cm³/mol. The van der Waals surface area contributed by atoms with Gasteiger partial charge in [0.25, 0.3) is 10.1 Å². The summed E-state index contributed by atoms with van der Waals surface area (Å²) in [6.07, 6.45) is 4.43. The number of nitrogens with zero attached hydrogens (tertiary/aromatic N) is 2. The molecular weight excluding hydrogens is 406 g/mol. The molecule has 1 atom stereocenters. The highest BCUT2D eigenvalue weighted by Crippen LogP contribution is 2.39. The van der Waals surface area contributed by atoms with Gasteiger partial charge in [-0.2, -0.15) is 8.42 Å². The van der Waals surface area contributed by atoms with Crippen molar-refractivity contribution in [3.8, 4) is 0 Å². The van der Waals surface area contributed by atoms with Gasteiger partial charge in [0.2, 0.25) is 0 Å². The van der Waals surface area contributed by atoms with E-state index in [9.17, 15) is 8.42 Å². The minimum Gasteiger partial charge on any atom is -0.370 e. The molecule has 0 spiro atoms. The molecule has 0 amide bonds. The fourth-order valence-electron chi connectivity index (χ4n) is 3.60. The number of aryl methyl sites for hydroxylation is 1. The van der Waals surface area contributed by atoms with Crippen LogP contribution in [0.4, 0.5) is 0 Å². The van der Waals surface area contributed by atoms with Gasteiger partial charge < -0.3 is 14.8 Å². The molecule has 2 aromatic rings. The van der Waals surface area contributed by atoms with E-state index in [0.717, 1.165) is 24.0 Å². The van der Waals surface area contributed by atoms with Crippen LogP contribution in [0.1, 0.15) is 25.1 Å². The predicted octanol–water partition coefficient (Wildman–Crippen LogP) is 3.03. The molecular formula is C17H22BrN3O3S. The van der Waals surface area contributed by atoms with Crippen molar-refractivity contribution in [1.82, 2.24) is 14.8 Å². The molecule has 0 saturated heterocycles. The minimum atomic E-state index is -3.67. The minimum absolute atomic E-state index is 0.410. The summed E-state index contributed by atoms with van der Waals surface area (Å²) in [7, 11) is -3.67. The van der Waals surface area contributed by atoms with Crippen molar-refractivity contribution >= 4 is 42.6 Å². The molecule has 25 heavy (non-hydrogen) atoms. The van der Waals surface area contributed by atoms with Crippen LogP contribution >= 0.6 is 15.9 Å². The van der Waals surface area contributed by atoms with Crippen molar-refractivity contribution in [2.75, 3.05) is 12.8 Å². The van der Waals surface area contributed by atoms with Crippen LogP contribution in [0.5, 0.6) is 0 Å². The summed E-state index contributed by atoms with van der Waals surface area (Å²) in [6, 6.07) is 6.64. The third kappa shape index (κ3) is 3.56. The van der Waals surface area contributed by atoms with Crippen LogP contribution in [0.3, 0.4) is 0 Å². The Morgan fingerprint density at radius 1 is 1.40 bits per heavy atom. The molecule has 2 aliphatic rings. The van der Waals surface area contributed by atoms with Gasteiger partial charge in [0.05, 0.1) is 23.8 Å². The van der Waals surface area contributed by atoms with E-state index in [1.54, 1.807) is 0 Å². The number of hydrogen-bond acceptors (Lipinski definition) is 4. The Hall–Kier alpha value is -1.51. The van der Waals surface area contributed by atoms with Crippen molar-refractivity contribution < 1.29 is 13.0 Å². The number of aromatic nitrogens is 1. The number of nitrogens with one attached hydrogen (secondary N) is 1. The van der Waals surface area contributed by atoms with Gasteiger partial charge in [0.15, 0.2) is 0 Å². The fourth-order valence-corrected chi connectivity index (χ4v) is 3.96. The molecule has 6 nitrogen and oxygen atoms in total. The second-order valence-electron chi connectivity index (χ2n) is 6.28. The molecule has 1 unspecified atom stereocenters. The van der Waals surface area contributed by atoms with Gasteiger partial charge >= 0.3 is 0 Å². The Balaban J connectivity index is 0.000000324. The van der Waals surface area contributed by atoms with Gasteiger partial charge in [0, 0.05) is 34.7 Å². The molecule has 0 bridgehead atoms. The first-order valence-corrected chi connectivity index (χ1v) is 10.8. The second kappa shape index (κ2) is 6.66. The monoisotopic (exact) mass is 427 g/mol. The maximum atomic E-state index is 9.19. The van der Waals surface area contributed by atoms with E-state index in [1.165, 1.54) is 27.9 Å². The van der Waals surface area contributed by atoms with E-state index >= 15 is 0 Å². The molecule has 8 heteroatoms. The van der Waals surface area contributed by atoms with Gasteiger partial charge in [-0.05, 0) is 44.0 Å². The molecule has 0 aliphatic carbocycles. The summed E-state index contributed by atoms with van der Waals surface area (Å²) in [5, 5.41) is 4.85. The molecule has 0 fully saturated rings. The van der Waals surface area contributed by atoms with Crippen LogP contribution in [-0.2, 0) is 23.1 Å². The molecule has 1 aromatic heterocycles. The topological polar surface area (TPSA) is 74.6 Å². The quantitative estimate of drug-likeness (QED) is 0.684. The fraction of sp³-hybridized carbons (Fsp3) is 0.412. The van der Waals surface area contributed by atoms with Gasteiger partial charge in [-0.15, -0.1) is 0 Å². The number of benzene rings is 1. The summed E-state index contributed by atoms with van der Waals surface area (Å²) in [4.78, 5) is 2.47. The van der Waals surface area contributed by atoms with E-state index in [-0.39, 0.29) is 0 Å². The molecule has 1 aromatic carbocycles. The normalized spacial score (nSPS) is 18.8. The molecule has 3 heterocycles. The lowest BCUT2D eigenvalue weighted by atomic mass is 10.0. The van der Waals surface area contributed by atoms with Gasteiger partial charge in [-0.3, -0.25) is 4.55 Å². The van der Waals surface area contributed by atoms with E-state index in [2.05, 4.69) is 69.0 Å². The summed E-state index contributed by atoms with van der Waals surface area (Å²) >= 11 is 3.61. The van der Waals surface area contributed by atoms with Crippen molar-refractivity contribution in [3.05, 3.63) is 40.1 Å². The Labute approximate surface area is 156 Å². The maximum Gasteiger partial charge on any atom is 0.261 e. The number of halogens is 1. The lowest BCUT2D eigenvalue weighted by molar-refractivity contribution is 0.307. The zero-order valence-corrected chi connectivity index (χ0v) is 16.9. The van der Waals surface area contributed by atoms with Crippen LogP contribution in [0.2, 0.25) is 0 Å². The van der Waals surface area contributed by atoms with Crippen LogP contribution in [0.25, 0.3) is 16.6 Å². The number of hydrogen-bond donors (Lipinski definition) is 2. The molecule has 136 valence electrons. The van der Waals surface area contributed by atoms with Crippen LogP contribution < -0.4 is 5.32 Å². The lowest BCUT2D eigenvalue weighted by Crippen LogP contribution is -2.37. The largest absolute Gasteiger partial charge is 0.370 e. The average molecular weight is 428 g/mol. The van der Waals surface area contributed by atoms with Crippen LogP contribution in [-0.4, -0.2) is 41.4 Å². The Kier molecular flexibility index (Phi) is 4.87. The SMILES string of the molecule is CCn1c2c(c3cc(Br)ccc31)CCN1C2=CNC1C.CS(=O)(=O)O. The van der Waals surface area contributed by atoms with Gasteiger partial charge in [-0.25, -0.2) is 0 Å². The highest BCUT2D eigenvalue weighted by Gasteiger charge is 2.32. The zero-order valence-electron chi connectivity index (χ0n) is 14.5. The lowest BCUT2D eigenvalue weighted by Gasteiger charge is -2.31. The third-order valence-corrected chi connectivity index (χ3v) is 5.02. The molecule has 2 aliphatic heterocycles. The second-order valence-corrected chi connectivity index (χ2v) is 8.66. The van der Waals surface area contributed by atoms with Gasteiger partial charge in [-0.1, -0.05) is 15.9 Å². The van der Waals surface area contributed by atoms with E-state index in [0.29, 0.717) is 12.4 Å². The number of fused-ring (bicyclic) bond motifs is 5. The van der Waals surface area contributed by atoms with Crippen molar-refractivity contribution in [1.29, 1.82) is 0 Å². The average Bonchev–Trinajstić information content (AvgIpc) is 3.03. The maximum absolute atomic E-state index is 9.19. The third-order valence-electron chi connectivity index (χ3n) is 4.53. The molecule has 4 rings (SSSR count). The summed E-state index contributed by atoms with van der Waals surface area (Å²) < 4.78 is 29.5. The first kappa shape index (κ1) is 18.3. The summed E-state index contributed by atoms with van der Waals surface area (Å²) in [5.41, 5.74) is 5.61. The molecule has 2 N–H and O–H groups in total. The first-order chi connectivity index (χ1) is 11.7. The summed E-state index contributed by atoms with van der Waals surface area (Å²) in [5.74, 6) is 0. The van der Waals surface area contributed by atoms with Gasteiger partial charge in [0.1, 0.15) is 0 Å². The van der Waals surface area contributed by atoms with E-state index < -0.39 is 10.1 Å². The summed E-state index contributed by atoms with van der Waals surface area (Å²) in [6.45, 7) is 6.56. The smallest absolute Gasteiger partial charge is 0.261 e. The molecule has 0 radical (unpaired) electrons. The van der Waals surface area contributed by atoms with Crippen molar-refractivity contribution in [2.24, 2.45) is 0 Å². The highest BCUT2D eigenvalue weighted by molar-refractivity contribution is 9.10. The Bertz CT molecular complexity index is 942. The van der Waals surface area contributed by atoms with Crippen LogP contribution in [0.15, 0.2) is 28.9 Å². The molecule has 0 saturated carbocycles.